The van der Waals surface area contributed by atoms with Crippen molar-refractivity contribution < 1.29 is 14.6 Å². The minimum atomic E-state index is 0.0191. The first-order chi connectivity index (χ1) is 9.99. The number of likely N-dealkylation sites (tertiary alicyclic amines) is 1. The molecule has 1 amide bonds. The normalized spacial score (nSPS) is 16.7. The zero-order valence-corrected chi connectivity index (χ0v) is 13.1. The molecule has 2 N–H and O–H groups in total. The number of hydrogen-bond donors (Lipinski definition) is 2. The number of amides is 1. The van der Waals surface area contributed by atoms with Crippen molar-refractivity contribution in [2.24, 2.45) is 0 Å². The molecular formula is C15H21ClN2O3. The number of nitrogens with zero attached hydrogens (tertiary/aromatic N) is 1. The molecule has 116 valence electrons. The third-order valence-corrected chi connectivity index (χ3v) is 3.95. The van der Waals surface area contributed by atoms with Gasteiger partial charge >= 0.3 is 0 Å². The number of phenols is 1. The van der Waals surface area contributed by atoms with E-state index in [9.17, 15) is 9.90 Å². The molecule has 6 heteroatoms. The maximum atomic E-state index is 11.1. The van der Waals surface area contributed by atoms with E-state index in [2.05, 4.69) is 10.2 Å². The standard InChI is InChI=1S/C15H21ClN2O3/c1-10(19)17-13-3-5-18(6-4-13)9-11-7-12(16)8-14(21-2)15(11)20/h7-8,13,20H,3-6,9H2,1-2H3,(H,17,19). The van der Waals surface area contributed by atoms with E-state index in [1.807, 2.05) is 0 Å². The number of nitrogens with one attached hydrogen (secondary N) is 1. The summed E-state index contributed by atoms with van der Waals surface area (Å²) in [5, 5.41) is 13.6. The Morgan fingerprint density at radius 2 is 2.14 bits per heavy atom. The highest BCUT2D eigenvalue weighted by molar-refractivity contribution is 6.30. The molecule has 0 atom stereocenters. The molecule has 1 aromatic carbocycles. The third kappa shape index (κ3) is 4.25. The number of benzene rings is 1. The number of methoxy groups -OCH3 is 1. The zero-order valence-electron chi connectivity index (χ0n) is 12.4. The Kier molecular flexibility index (Phi) is 5.31. The highest BCUT2D eigenvalue weighted by atomic mass is 35.5. The summed E-state index contributed by atoms with van der Waals surface area (Å²) >= 11 is 6.04. The maximum Gasteiger partial charge on any atom is 0.217 e. The van der Waals surface area contributed by atoms with Gasteiger partial charge in [-0.25, -0.2) is 0 Å². The number of ether oxygens (including phenoxy) is 1. The van der Waals surface area contributed by atoms with Crippen molar-refractivity contribution >= 4 is 17.5 Å². The minimum absolute atomic E-state index is 0.0191. The van der Waals surface area contributed by atoms with E-state index in [1.54, 1.807) is 19.1 Å². The van der Waals surface area contributed by atoms with Gasteiger partial charge in [-0.2, -0.15) is 0 Å². The molecule has 0 spiro atoms. The summed E-state index contributed by atoms with van der Waals surface area (Å²) < 4.78 is 5.12. The van der Waals surface area contributed by atoms with Crippen LogP contribution in [0.4, 0.5) is 0 Å². The summed E-state index contributed by atoms with van der Waals surface area (Å²) in [6, 6.07) is 3.61. The molecule has 0 aliphatic carbocycles. The number of hydrogen-bond acceptors (Lipinski definition) is 4. The van der Waals surface area contributed by atoms with Crippen LogP contribution in [-0.2, 0) is 11.3 Å². The molecule has 2 rings (SSSR count). The SMILES string of the molecule is COc1cc(Cl)cc(CN2CCC(NC(C)=O)CC2)c1O. The van der Waals surface area contributed by atoms with Crippen LogP contribution in [0.15, 0.2) is 12.1 Å². The Labute approximate surface area is 129 Å². The predicted octanol–water partition coefficient (Wildman–Crippen LogP) is 2.15. The van der Waals surface area contributed by atoms with Gasteiger partial charge in [-0.15, -0.1) is 0 Å². The van der Waals surface area contributed by atoms with Gasteiger partial charge in [-0.05, 0) is 18.9 Å². The van der Waals surface area contributed by atoms with Crippen molar-refractivity contribution in [3.05, 3.63) is 22.7 Å². The largest absolute Gasteiger partial charge is 0.504 e. The lowest BCUT2D eigenvalue weighted by Gasteiger charge is -2.32. The summed E-state index contributed by atoms with van der Waals surface area (Å²) in [5.74, 6) is 0.558. The van der Waals surface area contributed by atoms with Crippen LogP contribution in [0.2, 0.25) is 5.02 Å². The minimum Gasteiger partial charge on any atom is -0.504 e. The first-order valence-corrected chi connectivity index (χ1v) is 7.42. The van der Waals surface area contributed by atoms with Crippen LogP contribution in [-0.4, -0.2) is 42.2 Å². The second-order valence-electron chi connectivity index (χ2n) is 5.37. The van der Waals surface area contributed by atoms with E-state index < -0.39 is 0 Å². The van der Waals surface area contributed by atoms with Crippen LogP contribution < -0.4 is 10.1 Å². The Balaban J connectivity index is 1.97. The molecule has 0 unspecified atom stereocenters. The molecule has 1 saturated heterocycles. The Morgan fingerprint density at radius 1 is 1.48 bits per heavy atom. The molecule has 0 bridgehead atoms. The van der Waals surface area contributed by atoms with E-state index in [1.165, 1.54) is 7.11 Å². The topological polar surface area (TPSA) is 61.8 Å². The first kappa shape index (κ1) is 15.9. The first-order valence-electron chi connectivity index (χ1n) is 7.04. The summed E-state index contributed by atoms with van der Waals surface area (Å²) in [5.41, 5.74) is 0.761. The van der Waals surface area contributed by atoms with E-state index in [0.29, 0.717) is 17.3 Å². The number of aromatic hydroxyl groups is 1. The number of phenolic OH excluding ortho intramolecular Hbond substituents is 1. The fourth-order valence-electron chi connectivity index (χ4n) is 2.67. The Morgan fingerprint density at radius 3 is 2.71 bits per heavy atom. The van der Waals surface area contributed by atoms with Crippen molar-refractivity contribution in [1.82, 2.24) is 10.2 Å². The van der Waals surface area contributed by atoms with Gasteiger partial charge < -0.3 is 15.2 Å². The monoisotopic (exact) mass is 312 g/mol. The third-order valence-electron chi connectivity index (χ3n) is 3.73. The quantitative estimate of drug-likeness (QED) is 0.894. The van der Waals surface area contributed by atoms with E-state index >= 15 is 0 Å². The molecule has 0 radical (unpaired) electrons. The van der Waals surface area contributed by atoms with Gasteiger partial charge in [0.15, 0.2) is 11.5 Å². The fraction of sp³-hybridized carbons (Fsp3) is 0.533. The van der Waals surface area contributed by atoms with Gasteiger partial charge in [0, 0.05) is 49.3 Å². The number of piperidine rings is 1. The maximum absolute atomic E-state index is 11.1. The van der Waals surface area contributed by atoms with Gasteiger partial charge in [0.05, 0.1) is 7.11 Å². The second kappa shape index (κ2) is 7.00. The number of halogens is 1. The van der Waals surface area contributed by atoms with E-state index in [-0.39, 0.29) is 17.7 Å². The van der Waals surface area contributed by atoms with Crippen LogP contribution in [0, 0.1) is 0 Å². The van der Waals surface area contributed by atoms with Crippen molar-refractivity contribution in [3.63, 3.8) is 0 Å². The molecule has 1 aromatic rings. The molecule has 1 aliphatic rings. The van der Waals surface area contributed by atoms with Crippen molar-refractivity contribution in [2.75, 3.05) is 20.2 Å². The van der Waals surface area contributed by atoms with Crippen molar-refractivity contribution in [3.8, 4) is 11.5 Å². The lowest BCUT2D eigenvalue weighted by Crippen LogP contribution is -2.43. The average molecular weight is 313 g/mol. The van der Waals surface area contributed by atoms with Gasteiger partial charge in [-0.3, -0.25) is 9.69 Å². The van der Waals surface area contributed by atoms with Crippen LogP contribution in [0.5, 0.6) is 11.5 Å². The molecule has 5 nitrogen and oxygen atoms in total. The number of rotatable bonds is 4. The Hall–Kier alpha value is -1.46. The Bertz CT molecular complexity index is 514. The molecule has 1 aliphatic heterocycles. The van der Waals surface area contributed by atoms with Crippen LogP contribution >= 0.6 is 11.6 Å². The molecule has 1 fully saturated rings. The average Bonchev–Trinajstić information content (AvgIpc) is 2.44. The highest BCUT2D eigenvalue weighted by Crippen LogP contribution is 2.34. The zero-order chi connectivity index (χ0) is 15.4. The van der Waals surface area contributed by atoms with Crippen LogP contribution in [0.1, 0.15) is 25.3 Å². The summed E-state index contributed by atoms with van der Waals surface area (Å²) in [6.45, 7) is 3.91. The van der Waals surface area contributed by atoms with E-state index in [4.69, 9.17) is 16.3 Å². The molecular weight excluding hydrogens is 292 g/mol. The smallest absolute Gasteiger partial charge is 0.217 e. The van der Waals surface area contributed by atoms with Crippen molar-refractivity contribution in [1.29, 1.82) is 0 Å². The molecule has 0 saturated carbocycles. The molecule has 1 heterocycles. The number of carbonyl (C=O) groups excluding carboxylic acids is 1. The molecule has 21 heavy (non-hydrogen) atoms. The van der Waals surface area contributed by atoms with Crippen LogP contribution in [0.25, 0.3) is 0 Å². The van der Waals surface area contributed by atoms with Gasteiger partial charge in [0.2, 0.25) is 5.91 Å². The van der Waals surface area contributed by atoms with Gasteiger partial charge in [-0.1, -0.05) is 11.6 Å². The summed E-state index contributed by atoms with van der Waals surface area (Å²) in [6.07, 6.45) is 1.83. The van der Waals surface area contributed by atoms with Gasteiger partial charge in [0.1, 0.15) is 0 Å². The lowest BCUT2D eigenvalue weighted by molar-refractivity contribution is -0.119. The van der Waals surface area contributed by atoms with Crippen molar-refractivity contribution in [2.45, 2.75) is 32.4 Å². The lowest BCUT2D eigenvalue weighted by atomic mass is 10.0. The second-order valence-corrected chi connectivity index (χ2v) is 5.80. The fourth-order valence-corrected chi connectivity index (χ4v) is 2.90. The van der Waals surface area contributed by atoms with E-state index in [0.717, 1.165) is 31.5 Å². The molecule has 0 aromatic heterocycles. The summed E-state index contributed by atoms with van der Waals surface area (Å²) in [4.78, 5) is 13.3. The highest BCUT2D eigenvalue weighted by Gasteiger charge is 2.21. The summed E-state index contributed by atoms with van der Waals surface area (Å²) in [7, 11) is 1.51. The predicted molar refractivity (Wildman–Crippen MR) is 81.8 cm³/mol. The number of carbonyl (C=O) groups is 1. The van der Waals surface area contributed by atoms with Gasteiger partial charge in [0.25, 0.3) is 0 Å². The van der Waals surface area contributed by atoms with Crippen LogP contribution in [0.3, 0.4) is 0 Å².